The number of hydrogen-bond donors (Lipinski definition) is 1. The van der Waals surface area contributed by atoms with Gasteiger partial charge in [-0.25, -0.2) is 0 Å². The summed E-state index contributed by atoms with van der Waals surface area (Å²) in [6.07, 6.45) is 6.39. The highest BCUT2D eigenvalue weighted by atomic mass is 16.1. The molecule has 11 heavy (non-hydrogen) atoms. The molecule has 0 aliphatic carbocycles. The number of hydrogen-bond acceptors (Lipinski definition) is 3. The fourth-order valence-corrected chi connectivity index (χ4v) is 0.758. The van der Waals surface area contributed by atoms with Gasteiger partial charge in [-0.05, 0) is 5.92 Å². The van der Waals surface area contributed by atoms with Crippen molar-refractivity contribution in [3.8, 4) is 12.3 Å². The molecule has 0 fully saturated rings. The van der Waals surface area contributed by atoms with Crippen LogP contribution in [0.4, 0.5) is 5.82 Å². The molecule has 0 atom stereocenters. The van der Waals surface area contributed by atoms with Gasteiger partial charge in [0.15, 0.2) is 5.82 Å². The van der Waals surface area contributed by atoms with Crippen LogP contribution < -0.4 is 5.73 Å². The van der Waals surface area contributed by atoms with Crippen LogP contribution in [0.1, 0.15) is 10.4 Å². The van der Waals surface area contributed by atoms with Crippen molar-refractivity contribution in [3.63, 3.8) is 0 Å². The number of ketones is 1. The van der Waals surface area contributed by atoms with E-state index < -0.39 is 5.78 Å². The molecule has 0 saturated heterocycles. The molecule has 2 N–H and O–H groups in total. The summed E-state index contributed by atoms with van der Waals surface area (Å²) in [6, 6.07) is 0. The molecule has 0 saturated carbocycles. The van der Waals surface area contributed by atoms with Gasteiger partial charge in [-0.15, -0.1) is 6.42 Å². The van der Waals surface area contributed by atoms with Crippen LogP contribution in [-0.4, -0.2) is 15.6 Å². The highest BCUT2D eigenvalue weighted by Crippen LogP contribution is 2.07. The van der Waals surface area contributed by atoms with Gasteiger partial charge >= 0.3 is 0 Å². The third kappa shape index (κ3) is 1.22. The fraction of sp³-hybridized carbons (Fsp3) is 0.143. The number of aryl methyl sites for hydroxylation is 1. The third-order valence-corrected chi connectivity index (χ3v) is 1.23. The van der Waals surface area contributed by atoms with Crippen molar-refractivity contribution < 1.29 is 4.79 Å². The number of carbonyl (C=O) groups excluding carboxylic acids is 1. The van der Waals surface area contributed by atoms with Crippen molar-refractivity contribution in [3.05, 3.63) is 11.8 Å². The first-order valence-corrected chi connectivity index (χ1v) is 2.95. The number of carbonyl (C=O) groups is 1. The van der Waals surface area contributed by atoms with Gasteiger partial charge in [0, 0.05) is 13.2 Å². The molecule has 1 aromatic heterocycles. The Bertz CT molecular complexity index is 332. The minimum absolute atomic E-state index is 0.176. The maximum atomic E-state index is 10.9. The van der Waals surface area contributed by atoms with E-state index >= 15 is 0 Å². The summed E-state index contributed by atoms with van der Waals surface area (Å²) in [6.45, 7) is 0. The first kappa shape index (κ1) is 7.35. The predicted molar refractivity (Wildman–Crippen MR) is 40.8 cm³/mol. The van der Waals surface area contributed by atoms with Crippen LogP contribution in [0.2, 0.25) is 0 Å². The lowest BCUT2D eigenvalue weighted by Crippen LogP contribution is -1.97. The largest absolute Gasteiger partial charge is 0.382 e. The Morgan fingerprint density at radius 1 is 1.91 bits per heavy atom. The standard InChI is InChI=1S/C7H7N3O/c1-3-6(11)5-4-10(2)9-7(5)8/h1,4H,2H3,(H2,8,9). The Kier molecular flexibility index (Phi) is 1.65. The molecule has 56 valence electrons. The molecule has 0 aliphatic rings. The zero-order valence-electron chi connectivity index (χ0n) is 6.03. The Hall–Kier alpha value is -1.76. The molecule has 1 aromatic rings. The summed E-state index contributed by atoms with van der Waals surface area (Å²) >= 11 is 0. The van der Waals surface area contributed by atoms with Gasteiger partial charge in [0.1, 0.15) is 0 Å². The highest BCUT2D eigenvalue weighted by molar-refractivity contribution is 6.11. The average molecular weight is 149 g/mol. The molecule has 0 aromatic carbocycles. The molecule has 0 aliphatic heterocycles. The van der Waals surface area contributed by atoms with Crippen LogP contribution >= 0.6 is 0 Å². The smallest absolute Gasteiger partial charge is 0.240 e. The zero-order valence-corrected chi connectivity index (χ0v) is 6.03. The van der Waals surface area contributed by atoms with E-state index in [2.05, 4.69) is 5.10 Å². The maximum absolute atomic E-state index is 10.9. The van der Waals surface area contributed by atoms with Gasteiger partial charge in [-0.2, -0.15) is 5.10 Å². The van der Waals surface area contributed by atoms with Gasteiger partial charge in [-0.1, -0.05) is 0 Å². The van der Waals surface area contributed by atoms with Crippen LogP contribution in [0, 0.1) is 12.3 Å². The van der Waals surface area contributed by atoms with Crippen molar-refractivity contribution in [2.24, 2.45) is 7.05 Å². The van der Waals surface area contributed by atoms with Crippen molar-refractivity contribution in [1.29, 1.82) is 0 Å². The summed E-state index contributed by atoms with van der Waals surface area (Å²) in [5.41, 5.74) is 5.66. The van der Waals surface area contributed by atoms with Crippen LogP contribution in [0.3, 0.4) is 0 Å². The molecule has 0 amide bonds. The molecular formula is C7H7N3O. The molecule has 4 nitrogen and oxygen atoms in total. The second-order valence-corrected chi connectivity index (χ2v) is 2.08. The number of rotatable bonds is 1. The van der Waals surface area contributed by atoms with E-state index in [0.717, 1.165) is 0 Å². The van der Waals surface area contributed by atoms with Crippen LogP contribution in [0.25, 0.3) is 0 Å². The third-order valence-electron chi connectivity index (χ3n) is 1.23. The second-order valence-electron chi connectivity index (χ2n) is 2.08. The molecule has 0 radical (unpaired) electrons. The number of terminal acetylenes is 1. The SMILES string of the molecule is C#CC(=O)c1cn(C)nc1N. The number of Topliss-reactive ketones (excluding diaryl/α,β-unsaturated/α-hetero) is 1. The van der Waals surface area contributed by atoms with E-state index in [1.165, 1.54) is 10.9 Å². The van der Waals surface area contributed by atoms with Gasteiger partial charge in [0.2, 0.25) is 5.78 Å². The first-order valence-electron chi connectivity index (χ1n) is 2.95. The maximum Gasteiger partial charge on any atom is 0.240 e. The Morgan fingerprint density at radius 2 is 2.55 bits per heavy atom. The highest BCUT2D eigenvalue weighted by Gasteiger charge is 2.09. The van der Waals surface area contributed by atoms with E-state index in [1.54, 1.807) is 7.05 Å². The van der Waals surface area contributed by atoms with Crippen molar-refractivity contribution in [2.75, 3.05) is 5.73 Å². The lowest BCUT2D eigenvalue weighted by atomic mass is 10.2. The molecule has 0 unspecified atom stereocenters. The Labute approximate surface area is 64.0 Å². The van der Waals surface area contributed by atoms with Gasteiger partial charge in [-0.3, -0.25) is 9.48 Å². The van der Waals surface area contributed by atoms with Crippen LogP contribution in [-0.2, 0) is 7.05 Å². The van der Waals surface area contributed by atoms with E-state index in [4.69, 9.17) is 12.2 Å². The lowest BCUT2D eigenvalue weighted by molar-refractivity contribution is 0.105. The lowest BCUT2D eigenvalue weighted by Gasteiger charge is -1.85. The average Bonchev–Trinajstić information content (AvgIpc) is 2.28. The normalized spacial score (nSPS) is 9.09. The predicted octanol–water partition coefficient (Wildman–Crippen LogP) is -0.182. The minimum Gasteiger partial charge on any atom is -0.382 e. The molecule has 4 heteroatoms. The summed E-state index contributed by atoms with van der Waals surface area (Å²) in [5, 5.41) is 3.76. The summed E-state index contributed by atoms with van der Waals surface area (Å²) < 4.78 is 1.44. The number of nitrogens with zero attached hydrogens (tertiary/aromatic N) is 2. The molecular weight excluding hydrogens is 142 g/mol. The summed E-state index contributed by atoms with van der Waals surface area (Å²) in [4.78, 5) is 10.9. The number of nitrogens with two attached hydrogens (primary N) is 1. The first-order chi connectivity index (χ1) is 5.15. The van der Waals surface area contributed by atoms with Crippen molar-refractivity contribution in [1.82, 2.24) is 9.78 Å². The van der Waals surface area contributed by atoms with Crippen LogP contribution in [0.15, 0.2) is 6.20 Å². The zero-order chi connectivity index (χ0) is 8.43. The number of nitrogen functional groups attached to an aromatic ring is 1. The van der Waals surface area contributed by atoms with Gasteiger partial charge in [0.05, 0.1) is 5.56 Å². The molecule has 1 rings (SSSR count). The second kappa shape index (κ2) is 2.46. The van der Waals surface area contributed by atoms with Gasteiger partial charge < -0.3 is 5.73 Å². The topological polar surface area (TPSA) is 60.9 Å². The molecule has 0 bridgehead atoms. The Balaban J connectivity index is 3.15. The minimum atomic E-state index is -0.435. The summed E-state index contributed by atoms with van der Waals surface area (Å²) in [5.74, 6) is 1.70. The van der Waals surface area contributed by atoms with Crippen molar-refractivity contribution in [2.45, 2.75) is 0 Å². The van der Waals surface area contributed by atoms with Crippen LogP contribution in [0.5, 0.6) is 0 Å². The number of aromatic nitrogens is 2. The van der Waals surface area contributed by atoms with Crippen molar-refractivity contribution >= 4 is 11.6 Å². The van der Waals surface area contributed by atoms with E-state index in [-0.39, 0.29) is 11.4 Å². The van der Waals surface area contributed by atoms with E-state index in [1.807, 2.05) is 5.92 Å². The monoisotopic (exact) mass is 149 g/mol. The Morgan fingerprint density at radius 3 is 2.91 bits per heavy atom. The van der Waals surface area contributed by atoms with E-state index in [0.29, 0.717) is 0 Å². The number of anilines is 1. The molecule has 1 heterocycles. The quantitative estimate of drug-likeness (QED) is 0.342. The van der Waals surface area contributed by atoms with E-state index in [9.17, 15) is 4.79 Å². The summed E-state index contributed by atoms with van der Waals surface area (Å²) in [7, 11) is 1.67. The molecule has 0 spiro atoms. The fourth-order valence-electron chi connectivity index (χ4n) is 0.758. The van der Waals surface area contributed by atoms with Gasteiger partial charge in [0.25, 0.3) is 0 Å².